The van der Waals surface area contributed by atoms with Gasteiger partial charge >= 0.3 is 0 Å². The van der Waals surface area contributed by atoms with E-state index in [2.05, 4.69) is 15.0 Å². The highest BCUT2D eigenvalue weighted by molar-refractivity contribution is 7.20. The standard InChI is InChI=1S/C17H19N5OS/c1-9-11(8-18-21-9)14-7-12-15(24-14)17(23)20-16(19-12)13-6-10-2-4-22(13)5-3-10/h7-8,10,13H,2-6H2,1H3,(H,18,21)(H,19,20,23)/p+1. The molecule has 1 unspecified atom stereocenters. The minimum atomic E-state index is -0.00827. The van der Waals surface area contributed by atoms with Gasteiger partial charge in [-0.1, -0.05) is 5.10 Å². The molecule has 0 saturated carbocycles. The Kier molecular flexibility index (Phi) is 3.23. The molecule has 0 amide bonds. The third-order valence-electron chi connectivity index (χ3n) is 5.53. The third kappa shape index (κ3) is 2.19. The maximum absolute atomic E-state index is 12.6. The molecule has 7 heteroatoms. The van der Waals surface area contributed by atoms with Crippen molar-refractivity contribution >= 4 is 32.8 Å². The second-order valence-electron chi connectivity index (χ2n) is 6.95. The predicted molar refractivity (Wildman–Crippen MR) is 94.9 cm³/mol. The van der Waals surface area contributed by atoms with Crippen molar-refractivity contribution in [1.29, 1.82) is 0 Å². The SMILES string of the molecule is CC1=N[NH2+]C=C1c1cc2nc(C3CC4CCN3CC4)[nH]c(=O)c2s1. The van der Waals surface area contributed by atoms with E-state index in [1.165, 1.54) is 24.2 Å². The van der Waals surface area contributed by atoms with Crippen molar-refractivity contribution in [2.75, 3.05) is 13.1 Å². The highest BCUT2D eigenvalue weighted by atomic mass is 32.1. The zero-order valence-corrected chi connectivity index (χ0v) is 14.4. The molecule has 0 aromatic carbocycles. The van der Waals surface area contributed by atoms with Crippen LogP contribution in [0.5, 0.6) is 0 Å². The average molecular weight is 342 g/mol. The minimum Gasteiger partial charge on any atom is -0.308 e. The normalized spacial score (nSPS) is 29.1. The van der Waals surface area contributed by atoms with Crippen molar-refractivity contribution < 1.29 is 5.43 Å². The van der Waals surface area contributed by atoms with Crippen LogP contribution in [0.15, 0.2) is 22.2 Å². The maximum atomic E-state index is 12.6. The summed E-state index contributed by atoms with van der Waals surface area (Å²) < 4.78 is 0.713. The van der Waals surface area contributed by atoms with Crippen LogP contribution < -0.4 is 11.0 Å². The summed E-state index contributed by atoms with van der Waals surface area (Å²) in [7, 11) is 0. The fraction of sp³-hybridized carbons (Fsp3) is 0.471. The van der Waals surface area contributed by atoms with Crippen molar-refractivity contribution in [3.63, 3.8) is 0 Å². The Morgan fingerprint density at radius 2 is 2.21 bits per heavy atom. The molecule has 0 radical (unpaired) electrons. The van der Waals surface area contributed by atoms with Gasteiger partial charge < -0.3 is 4.98 Å². The first-order chi connectivity index (χ1) is 11.7. The van der Waals surface area contributed by atoms with Crippen molar-refractivity contribution in [1.82, 2.24) is 14.9 Å². The summed E-state index contributed by atoms with van der Waals surface area (Å²) in [5.41, 5.74) is 4.71. The topological polar surface area (TPSA) is 78.0 Å². The number of piperidine rings is 3. The van der Waals surface area contributed by atoms with E-state index in [9.17, 15) is 4.79 Å². The van der Waals surface area contributed by atoms with Crippen LogP contribution in [0.25, 0.3) is 15.8 Å². The molecule has 124 valence electrons. The maximum Gasteiger partial charge on any atom is 0.268 e. The first-order valence-corrected chi connectivity index (χ1v) is 9.37. The summed E-state index contributed by atoms with van der Waals surface area (Å²) in [5, 5.41) is 4.30. The molecule has 3 saturated heterocycles. The monoisotopic (exact) mass is 342 g/mol. The van der Waals surface area contributed by atoms with E-state index in [1.54, 1.807) is 0 Å². The lowest BCUT2D eigenvalue weighted by Crippen LogP contribution is -2.69. The van der Waals surface area contributed by atoms with Crippen LogP contribution >= 0.6 is 11.3 Å². The van der Waals surface area contributed by atoms with E-state index >= 15 is 0 Å². The molecule has 1 atom stereocenters. The van der Waals surface area contributed by atoms with Gasteiger partial charge in [0.2, 0.25) is 0 Å². The van der Waals surface area contributed by atoms with Gasteiger partial charge in [0.25, 0.3) is 5.56 Å². The molecule has 0 spiro atoms. The van der Waals surface area contributed by atoms with E-state index in [-0.39, 0.29) is 11.6 Å². The van der Waals surface area contributed by atoms with E-state index < -0.39 is 0 Å². The Morgan fingerprint density at radius 3 is 2.88 bits per heavy atom. The lowest BCUT2D eigenvalue weighted by atomic mass is 9.83. The van der Waals surface area contributed by atoms with Crippen molar-refractivity contribution in [2.24, 2.45) is 11.0 Å². The quantitative estimate of drug-likeness (QED) is 0.811. The Labute approximate surface area is 143 Å². The lowest BCUT2D eigenvalue weighted by molar-refractivity contribution is -0.589. The highest BCUT2D eigenvalue weighted by Crippen LogP contribution is 2.39. The fourth-order valence-corrected chi connectivity index (χ4v) is 5.24. The van der Waals surface area contributed by atoms with E-state index in [4.69, 9.17) is 4.98 Å². The van der Waals surface area contributed by atoms with Gasteiger partial charge in [0.15, 0.2) is 0 Å². The molecular formula is C17H20N5OS+. The summed E-state index contributed by atoms with van der Waals surface area (Å²) in [6.07, 6.45) is 5.70. The van der Waals surface area contributed by atoms with E-state index in [0.717, 1.165) is 52.9 Å². The smallest absolute Gasteiger partial charge is 0.268 e. The second kappa shape index (κ2) is 5.34. The third-order valence-corrected chi connectivity index (χ3v) is 6.68. The number of nitrogens with one attached hydrogen (secondary N) is 1. The number of rotatable bonds is 2. The number of hydrogen-bond acceptors (Lipinski definition) is 5. The molecule has 2 aromatic heterocycles. The number of nitrogens with zero attached hydrogens (tertiary/aromatic N) is 3. The number of H-pyrrole nitrogens is 1. The summed E-state index contributed by atoms with van der Waals surface area (Å²) in [6, 6.07) is 2.32. The summed E-state index contributed by atoms with van der Waals surface area (Å²) in [5.74, 6) is 1.63. The Hall–Kier alpha value is -1.83. The summed E-state index contributed by atoms with van der Waals surface area (Å²) >= 11 is 1.51. The Bertz CT molecular complexity index is 932. The number of allylic oxidation sites excluding steroid dienone is 1. The molecule has 3 fully saturated rings. The largest absolute Gasteiger partial charge is 0.308 e. The molecule has 6 rings (SSSR count). The number of hydrogen-bond donors (Lipinski definition) is 2. The van der Waals surface area contributed by atoms with Gasteiger partial charge in [-0.2, -0.15) is 5.43 Å². The van der Waals surface area contributed by atoms with Gasteiger partial charge in [0, 0.05) is 4.88 Å². The van der Waals surface area contributed by atoms with Crippen LogP contribution in [-0.2, 0) is 0 Å². The van der Waals surface area contributed by atoms with Gasteiger partial charge in [-0.3, -0.25) is 9.69 Å². The highest BCUT2D eigenvalue weighted by Gasteiger charge is 2.36. The summed E-state index contributed by atoms with van der Waals surface area (Å²) in [6.45, 7) is 4.25. The molecule has 2 bridgehead atoms. The van der Waals surface area contributed by atoms with Gasteiger partial charge in [-0.25, -0.2) is 4.98 Å². The molecule has 2 aromatic rings. The van der Waals surface area contributed by atoms with Crippen LogP contribution in [0, 0.1) is 5.92 Å². The molecular weight excluding hydrogens is 322 g/mol. The molecule has 3 N–H and O–H groups in total. The Balaban J connectivity index is 1.58. The number of fused-ring (bicyclic) bond motifs is 4. The first kappa shape index (κ1) is 14.5. The molecule has 4 aliphatic heterocycles. The molecule has 6 heterocycles. The number of nitrogens with two attached hydrogens (primary N) is 1. The minimum absolute atomic E-state index is 0.00827. The molecule has 6 nitrogen and oxygen atoms in total. The zero-order chi connectivity index (χ0) is 16.3. The van der Waals surface area contributed by atoms with Crippen molar-refractivity contribution in [2.45, 2.75) is 32.2 Å². The van der Waals surface area contributed by atoms with Gasteiger partial charge in [-0.15, -0.1) is 11.3 Å². The fourth-order valence-electron chi connectivity index (χ4n) is 4.17. The lowest BCUT2D eigenvalue weighted by Gasteiger charge is -2.44. The van der Waals surface area contributed by atoms with Crippen LogP contribution in [0.2, 0.25) is 0 Å². The number of aromatic nitrogens is 2. The van der Waals surface area contributed by atoms with Crippen LogP contribution in [0.1, 0.15) is 42.9 Å². The molecule has 0 aliphatic carbocycles. The Morgan fingerprint density at radius 1 is 1.38 bits per heavy atom. The van der Waals surface area contributed by atoms with Gasteiger partial charge in [0.1, 0.15) is 22.4 Å². The van der Waals surface area contributed by atoms with Crippen LogP contribution in [0.3, 0.4) is 0 Å². The number of quaternary nitrogens is 1. The zero-order valence-electron chi connectivity index (χ0n) is 13.6. The predicted octanol–water partition coefficient (Wildman–Crippen LogP) is 1.44. The van der Waals surface area contributed by atoms with Crippen molar-refractivity contribution in [3.8, 4) is 0 Å². The van der Waals surface area contributed by atoms with Gasteiger partial charge in [0.05, 0.1) is 17.1 Å². The molecule has 4 aliphatic rings. The van der Waals surface area contributed by atoms with Crippen LogP contribution in [0.4, 0.5) is 0 Å². The number of thiophene rings is 1. The number of aromatic amines is 1. The first-order valence-electron chi connectivity index (χ1n) is 8.55. The van der Waals surface area contributed by atoms with Crippen molar-refractivity contribution in [3.05, 3.63) is 33.3 Å². The van der Waals surface area contributed by atoms with Crippen LogP contribution in [-0.4, -0.2) is 33.7 Å². The van der Waals surface area contributed by atoms with Gasteiger partial charge in [-0.05, 0) is 51.3 Å². The van der Waals surface area contributed by atoms with E-state index in [1.807, 2.05) is 24.6 Å². The van der Waals surface area contributed by atoms with E-state index in [0.29, 0.717) is 4.70 Å². The average Bonchev–Trinajstić information content (AvgIpc) is 3.21. The summed E-state index contributed by atoms with van der Waals surface area (Å²) in [4.78, 5) is 24.0. The second-order valence-corrected chi connectivity index (χ2v) is 8.00. The molecule has 24 heavy (non-hydrogen) atoms.